The van der Waals surface area contributed by atoms with Crippen molar-refractivity contribution >= 4 is 11.8 Å². The van der Waals surface area contributed by atoms with E-state index in [0.717, 1.165) is 43.7 Å². The molecule has 6 heteroatoms. The van der Waals surface area contributed by atoms with Crippen molar-refractivity contribution in [1.29, 1.82) is 5.26 Å². The maximum Gasteiger partial charge on any atom is 0.251 e. The first kappa shape index (κ1) is 17.7. The van der Waals surface area contributed by atoms with Crippen LogP contribution in [0.15, 0.2) is 16.0 Å². The summed E-state index contributed by atoms with van der Waals surface area (Å²) in [5.41, 5.74) is 0.198. The molecule has 0 radical (unpaired) electrons. The molecule has 21 heavy (non-hydrogen) atoms. The zero-order chi connectivity index (χ0) is 15.7. The molecule has 1 aromatic rings. The number of aromatic amines is 1. The summed E-state index contributed by atoms with van der Waals surface area (Å²) in [6.07, 6.45) is 3.83. The Morgan fingerprint density at radius 2 is 2.29 bits per heavy atom. The molecule has 1 atom stereocenters. The largest absolute Gasteiger partial charge is 0.301 e. The van der Waals surface area contributed by atoms with Crippen molar-refractivity contribution in [3.05, 3.63) is 22.1 Å². The van der Waals surface area contributed by atoms with Crippen molar-refractivity contribution in [3.8, 4) is 6.07 Å². The highest BCUT2D eigenvalue weighted by Gasteiger charge is 2.21. The lowest BCUT2D eigenvalue weighted by Crippen LogP contribution is -2.41. The molecule has 0 saturated heterocycles. The van der Waals surface area contributed by atoms with Gasteiger partial charge in [0.1, 0.15) is 5.54 Å². The number of nitrogens with zero attached hydrogens (tertiary/aromatic N) is 2. The Morgan fingerprint density at radius 1 is 1.52 bits per heavy atom. The van der Waals surface area contributed by atoms with Crippen molar-refractivity contribution in [1.82, 2.24) is 15.3 Å². The third kappa shape index (κ3) is 6.78. The molecule has 0 saturated carbocycles. The van der Waals surface area contributed by atoms with Gasteiger partial charge in [0.25, 0.3) is 5.56 Å². The highest BCUT2D eigenvalue weighted by atomic mass is 32.2. The van der Waals surface area contributed by atoms with E-state index in [9.17, 15) is 10.1 Å². The third-order valence-corrected chi connectivity index (χ3v) is 4.13. The molecule has 0 aliphatic rings. The van der Waals surface area contributed by atoms with Gasteiger partial charge in [-0.05, 0) is 46.1 Å². The van der Waals surface area contributed by atoms with Gasteiger partial charge >= 0.3 is 0 Å². The molecule has 116 valence electrons. The van der Waals surface area contributed by atoms with E-state index >= 15 is 0 Å². The van der Waals surface area contributed by atoms with E-state index in [2.05, 4.69) is 28.3 Å². The molecule has 1 heterocycles. The van der Waals surface area contributed by atoms with Crippen molar-refractivity contribution in [3.63, 3.8) is 0 Å². The number of nitriles is 1. The van der Waals surface area contributed by atoms with Gasteiger partial charge in [0.2, 0.25) is 0 Å². The molecule has 0 aromatic carbocycles. The highest BCUT2D eigenvalue weighted by Crippen LogP contribution is 2.17. The van der Waals surface area contributed by atoms with Crippen LogP contribution in [0.3, 0.4) is 0 Å². The summed E-state index contributed by atoms with van der Waals surface area (Å²) in [5, 5.41) is 13.2. The average molecular weight is 308 g/mol. The predicted molar refractivity (Wildman–Crippen MR) is 86.5 cm³/mol. The Hall–Kier alpha value is -1.32. The molecular weight excluding hydrogens is 284 g/mol. The van der Waals surface area contributed by atoms with E-state index in [4.69, 9.17) is 0 Å². The zero-order valence-electron chi connectivity index (χ0n) is 13.0. The summed E-state index contributed by atoms with van der Waals surface area (Å²) in [6.45, 7) is 6.73. The Bertz CT molecular complexity index is 537. The van der Waals surface area contributed by atoms with Gasteiger partial charge in [0.05, 0.1) is 6.07 Å². The van der Waals surface area contributed by atoms with Gasteiger partial charge in [-0.3, -0.25) is 10.1 Å². The number of H-pyrrole nitrogens is 1. The van der Waals surface area contributed by atoms with Crippen molar-refractivity contribution < 1.29 is 0 Å². The van der Waals surface area contributed by atoms with Crippen LogP contribution < -0.4 is 10.9 Å². The standard InChI is InChI=1S/C15H24N4OS/c1-4-8-17-15(3,11-16)7-5-6-9-21-14-18-12(2)10-13(20)19-14/h10,17H,4-9H2,1-3H3,(H,18,19,20). The molecule has 0 aliphatic carbocycles. The lowest BCUT2D eigenvalue weighted by atomic mass is 9.96. The van der Waals surface area contributed by atoms with E-state index in [1.807, 2.05) is 13.8 Å². The first-order valence-corrected chi connectivity index (χ1v) is 8.34. The Kier molecular flexibility index (Phi) is 7.48. The fourth-order valence-corrected chi connectivity index (χ4v) is 2.88. The van der Waals surface area contributed by atoms with Crippen LogP contribution >= 0.6 is 11.8 Å². The minimum Gasteiger partial charge on any atom is -0.301 e. The van der Waals surface area contributed by atoms with Gasteiger partial charge < -0.3 is 4.98 Å². The molecule has 0 bridgehead atoms. The summed E-state index contributed by atoms with van der Waals surface area (Å²) in [4.78, 5) is 18.3. The predicted octanol–water partition coefficient (Wildman–Crippen LogP) is 2.62. The fraction of sp³-hybridized carbons (Fsp3) is 0.667. The number of aryl methyl sites for hydroxylation is 1. The second-order valence-corrected chi connectivity index (χ2v) is 6.45. The van der Waals surface area contributed by atoms with Crippen LogP contribution in [-0.4, -0.2) is 27.8 Å². The fourth-order valence-electron chi connectivity index (χ4n) is 1.95. The Labute approximate surface area is 130 Å². The summed E-state index contributed by atoms with van der Waals surface area (Å²) in [5.74, 6) is 0.891. The van der Waals surface area contributed by atoms with Crippen LogP contribution in [0, 0.1) is 18.3 Å². The van der Waals surface area contributed by atoms with Crippen molar-refractivity contribution in [2.24, 2.45) is 0 Å². The zero-order valence-corrected chi connectivity index (χ0v) is 13.8. The van der Waals surface area contributed by atoms with Crippen LogP contribution in [0.2, 0.25) is 0 Å². The molecule has 0 amide bonds. The second-order valence-electron chi connectivity index (χ2n) is 5.37. The Balaban J connectivity index is 2.31. The minimum atomic E-state index is -0.434. The molecule has 1 rings (SSSR count). The number of unbranched alkanes of at least 4 members (excludes halogenated alkanes) is 1. The molecule has 1 unspecified atom stereocenters. The van der Waals surface area contributed by atoms with Crippen molar-refractivity contribution in [2.45, 2.75) is 57.1 Å². The normalized spacial score (nSPS) is 13.6. The van der Waals surface area contributed by atoms with Gasteiger partial charge in [-0.2, -0.15) is 5.26 Å². The van der Waals surface area contributed by atoms with Crippen LogP contribution in [-0.2, 0) is 0 Å². The van der Waals surface area contributed by atoms with Gasteiger partial charge in [-0.1, -0.05) is 18.7 Å². The molecule has 5 nitrogen and oxygen atoms in total. The molecule has 0 spiro atoms. The topological polar surface area (TPSA) is 81.6 Å². The van der Waals surface area contributed by atoms with Crippen molar-refractivity contribution in [2.75, 3.05) is 12.3 Å². The number of thioether (sulfide) groups is 1. The smallest absolute Gasteiger partial charge is 0.251 e. The minimum absolute atomic E-state index is 0.106. The summed E-state index contributed by atoms with van der Waals surface area (Å²) < 4.78 is 0. The number of rotatable bonds is 9. The lowest BCUT2D eigenvalue weighted by molar-refractivity contribution is 0.406. The van der Waals surface area contributed by atoms with Crippen LogP contribution in [0.1, 0.15) is 45.2 Å². The summed E-state index contributed by atoms with van der Waals surface area (Å²) in [6, 6.07) is 3.85. The summed E-state index contributed by atoms with van der Waals surface area (Å²) in [7, 11) is 0. The second kappa shape index (κ2) is 8.85. The van der Waals surface area contributed by atoms with Gasteiger partial charge in [-0.15, -0.1) is 0 Å². The number of nitrogens with one attached hydrogen (secondary N) is 2. The highest BCUT2D eigenvalue weighted by molar-refractivity contribution is 7.99. The number of hydrogen-bond acceptors (Lipinski definition) is 5. The van der Waals surface area contributed by atoms with Crippen LogP contribution in [0.4, 0.5) is 0 Å². The van der Waals surface area contributed by atoms with E-state index in [1.165, 1.54) is 6.07 Å². The van der Waals surface area contributed by atoms with Gasteiger partial charge in [0, 0.05) is 17.5 Å². The van der Waals surface area contributed by atoms with Gasteiger partial charge in [-0.25, -0.2) is 4.98 Å². The molecule has 2 N–H and O–H groups in total. The maximum absolute atomic E-state index is 11.3. The lowest BCUT2D eigenvalue weighted by Gasteiger charge is -2.22. The van der Waals surface area contributed by atoms with E-state index in [-0.39, 0.29) is 5.56 Å². The average Bonchev–Trinajstić information content (AvgIpc) is 2.44. The first-order valence-electron chi connectivity index (χ1n) is 7.36. The number of hydrogen-bond donors (Lipinski definition) is 2. The Morgan fingerprint density at radius 3 is 2.90 bits per heavy atom. The van der Waals surface area contributed by atoms with Crippen LogP contribution in [0.5, 0.6) is 0 Å². The van der Waals surface area contributed by atoms with E-state index in [0.29, 0.717) is 5.16 Å². The third-order valence-electron chi connectivity index (χ3n) is 3.17. The van der Waals surface area contributed by atoms with Gasteiger partial charge in [0.15, 0.2) is 5.16 Å². The number of aromatic nitrogens is 2. The molecular formula is C15H24N4OS. The van der Waals surface area contributed by atoms with Crippen LogP contribution in [0.25, 0.3) is 0 Å². The maximum atomic E-state index is 11.3. The molecule has 0 fully saturated rings. The quantitative estimate of drug-likeness (QED) is 0.416. The SMILES string of the molecule is CCCNC(C)(C#N)CCCCSc1nc(C)cc(=O)[nH]1. The first-order chi connectivity index (χ1) is 9.99. The van der Waals surface area contributed by atoms with E-state index < -0.39 is 5.54 Å². The molecule has 0 aliphatic heterocycles. The van der Waals surface area contributed by atoms with E-state index in [1.54, 1.807) is 11.8 Å². The molecule has 1 aromatic heterocycles. The summed E-state index contributed by atoms with van der Waals surface area (Å²) >= 11 is 1.55. The monoisotopic (exact) mass is 308 g/mol.